The first kappa shape index (κ1) is 16.6. The minimum atomic E-state index is -0.546. The van der Waals surface area contributed by atoms with Crippen molar-refractivity contribution in [2.45, 2.75) is 38.6 Å². The molecule has 0 aromatic heterocycles. The summed E-state index contributed by atoms with van der Waals surface area (Å²) in [7, 11) is 3.00. The molecule has 0 radical (unpaired) electrons. The third kappa shape index (κ3) is 3.54. The van der Waals surface area contributed by atoms with Crippen LogP contribution in [0.25, 0.3) is 0 Å². The number of fused-ring (bicyclic) bond motifs is 1. The predicted octanol–water partition coefficient (Wildman–Crippen LogP) is 2.34. The van der Waals surface area contributed by atoms with Crippen molar-refractivity contribution in [2.24, 2.45) is 11.8 Å². The van der Waals surface area contributed by atoms with E-state index in [2.05, 4.69) is 0 Å². The molecule has 1 aliphatic heterocycles. The van der Waals surface area contributed by atoms with E-state index in [1.165, 1.54) is 17.6 Å². The molecule has 22 heavy (non-hydrogen) atoms. The Kier molecular flexibility index (Phi) is 5.69. The largest absolute Gasteiger partial charge is 0.504 e. The number of esters is 1. The number of piperidine rings is 1. The molecule has 124 valence electrons. The maximum Gasteiger partial charge on any atom is 0.410 e. The summed E-state index contributed by atoms with van der Waals surface area (Å²) in [6.45, 7) is 2.64. The van der Waals surface area contributed by atoms with Gasteiger partial charge in [0.2, 0.25) is 0 Å². The van der Waals surface area contributed by atoms with E-state index in [0.29, 0.717) is 31.4 Å². The molecule has 1 heterocycles. The van der Waals surface area contributed by atoms with Crippen molar-refractivity contribution in [1.82, 2.24) is 4.90 Å². The van der Waals surface area contributed by atoms with Crippen molar-refractivity contribution in [3.63, 3.8) is 0 Å². The van der Waals surface area contributed by atoms with Crippen LogP contribution in [0.1, 0.15) is 32.6 Å². The summed E-state index contributed by atoms with van der Waals surface area (Å²) in [4.78, 5) is 25.7. The molecule has 1 saturated carbocycles. The van der Waals surface area contributed by atoms with Crippen LogP contribution in [0.5, 0.6) is 0 Å². The molecule has 6 nitrogen and oxygen atoms in total. The third-order valence-corrected chi connectivity index (χ3v) is 4.61. The van der Waals surface area contributed by atoms with Gasteiger partial charge < -0.3 is 14.2 Å². The smallest absolute Gasteiger partial charge is 0.410 e. The van der Waals surface area contributed by atoms with Gasteiger partial charge in [-0.2, -0.15) is 0 Å². The van der Waals surface area contributed by atoms with Crippen LogP contribution in [0.4, 0.5) is 4.79 Å². The number of hydrogen-bond acceptors (Lipinski definition) is 5. The summed E-state index contributed by atoms with van der Waals surface area (Å²) >= 11 is 0. The Balaban J connectivity index is 2.14. The van der Waals surface area contributed by atoms with Crippen molar-refractivity contribution in [3.8, 4) is 0 Å². The summed E-state index contributed by atoms with van der Waals surface area (Å²) < 4.78 is 15.1. The topological polar surface area (TPSA) is 65.1 Å². The van der Waals surface area contributed by atoms with Crippen LogP contribution in [0.2, 0.25) is 0 Å². The van der Waals surface area contributed by atoms with E-state index in [0.717, 1.165) is 19.3 Å². The van der Waals surface area contributed by atoms with Crippen LogP contribution in [-0.2, 0) is 19.0 Å². The van der Waals surface area contributed by atoms with Crippen molar-refractivity contribution in [3.05, 3.63) is 11.8 Å². The Hall–Kier alpha value is -1.72. The molecule has 2 fully saturated rings. The van der Waals surface area contributed by atoms with E-state index in [4.69, 9.17) is 14.2 Å². The van der Waals surface area contributed by atoms with E-state index in [9.17, 15) is 9.59 Å². The highest BCUT2D eigenvalue weighted by Crippen LogP contribution is 2.41. The summed E-state index contributed by atoms with van der Waals surface area (Å²) in [6, 6.07) is -0.546. The van der Waals surface area contributed by atoms with Crippen LogP contribution in [0.15, 0.2) is 11.8 Å². The fourth-order valence-corrected chi connectivity index (χ4v) is 3.58. The zero-order chi connectivity index (χ0) is 16.1. The van der Waals surface area contributed by atoms with Gasteiger partial charge in [-0.1, -0.05) is 0 Å². The summed E-state index contributed by atoms with van der Waals surface area (Å²) in [5.41, 5.74) is 1.28. The van der Waals surface area contributed by atoms with E-state index in [-0.39, 0.29) is 5.97 Å². The second kappa shape index (κ2) is 7.51. The van der Waals surface area contributed by atoms with Crippen LogP contribution in [0.3, 0.4) is 0 Å². The lowest BCUT2D eigenvalue weighted by Crippen LogP contribution is -2.54. The lowest BCUT2D eigenvalue weighted by molar-refractivity contribution is -0.152. The second-order valence-corrected chi connectivity index (χ2v) is 5.90. The average molecular weight is 311 g/mol. The minimum absolute atomic E-state index is 0.313. The number of methoxy groups -OCH3 is 2. The van der Waals surface area contributed by atoms with Gasteiger partial charge in [-0.25, -0.2) is 9.59 Å². The predicted molar refractivity (Wildman–Crippen MR) is 80.1 cm³/mol. The zero-order valence-electron chi connectivity index (χ0n) is 13.5. The van der Waals surface area contributed by atoms with Gasteiger partial charge in [0.15, 0.2) is 0 Å². The van der Waals surface area contributed by atoms with E-state index < -0.39 is 12.1 Å². The number of nitrogens with zero attached hydrogens (tertiary/aromatic N) is 1. The quantitative estimate of drug-likeness (QED) is 0.591. The van der Waals surface area contributed by atoms with Crippen molar-refractivity contribution >= 4 is 12.1 Å². The number of rotatable bonds is 3. The molecule has 3 atom stereocenters. The number of amides is 1. The van der Waals surface area contributed by atoms with Crippen molar-refractivity contribution in [1.29, 1.82) is 0 Å². The van der Waals surface area contributed by atoms with Crippen molar-refractivity contribution < 1.29 is 23.8 Å². The van der Waals surface area contributed by atoms with Gasteiger partial charge in [-0.15, -0.1) is 0 Å². The second-order valence-electron chi connectivity index (χ2n) is 5.90. The van der Waals surface area contributed by atoms with Gasteiger partial charge in [-0.05, 0) is 50.0 Å². The number of ether oxygens (including phenoxy) is 3. The van der Waals surface area contributed by atoms with Gasteiger partial charge in [0.05, 0.1) is 27.1 Å². The molecule has 1 saturated heterocycles. The first-order valence-corrected chi connectivity index (χ1v) is 7.82. The number of likely N-dealkylation sites (tertiary alicyclic amines) is 1. The highest BCUT2D eigenvalue weighted by Gasteiger charge is 2.43. The number of carbonyl (C=O) groups is 2. The first-order chi connectivity index (χ1) is 10.6. The normalized spacial score (nSPS) is 29.7. The fourth-order valence-electron chi connectivity index (χ4n) is 3.58. The molecular weight excluding hydrogens is 286 g/mol. The van der Waals surface area contributed by atoms with E-state index >= 15 is 0 Å². The zero-order valence-corrected chi connectivity index (χ0v) is 13.5. The minimum Gasteiger partial charge on any atom is -0.504 e. The van der Waals surface area contributed by atoms with Crippen LogP contribution in [-0.4, -0.2) is 50.4 Å². The van der Waals surface area contributed by atoms with Gasteiger partial charge in [0.25, 0.3) is 0 Å². The van der Waals surface area contributed by atoms with Gasteiger partial charge >= 0.3 is 12.1 Å². The molecule has 0 aromatic rings. The van der Waals surface area contributed by atoms with Crippen LogP contribution < -0.4 is 0 Å². The molecule has 2 rings (SSSR count). The molecule has 6 heteroatoms. The number of hydrogen-bond donors (Lipinski definition) is 0. The Bertz CT molecular complexity index is 448. The van der Waals surface area contributed by atoms with Crippen LogP contribution >= 0.6 is 0 Å². The fraction of sp³-hybridized carbons (Fsp3) is 0.750. The maximum absolute atomic E-state index is 12.2. The average Bonchev–Trinajstić information content (AvgIpc) is 2.53. The standard InChI is InChI=1S/C16H25NO5/c1-4-22-15(18)14-8-13-7-11(10-20-2)5-6-12(13)9-17(14)16(19)21-3/h10,12-14H,4-9H2,1-3H3/b11-10+/t12-,13+,14-/m0/s1. The Labute approximate surface area is 131 Å². The Morgan fingerprint density at radius 2 is 2.09 bits per heavy atom. The molecule has 0 bridgehead atoms. The van der Waals surface area contributed by atoms with Gasteiger partial charge in [0.1, 0.15) is 6.04 Å². The molecule has 0 spiro atoms. The van der Waals surface area contributed by atoms with Gasteiger partial charge in [-0.3, -0.25) is 4.90 Å². The SMILES string of the molecule is CCOC(=O)[C@@H]1C[C@H]2C/C(=C/OC)CC[C@H]2CN1C(=O)OC. The molecule has 1 amide bonds. The Morgan fingerprint density at radius 3 is 2.73 bits per heavy atom. The molecule has 1 aliphatic carbocycles. The number of carbonyl (C=O) groups excluding carboxylic acids is 2. The third-order valence-electron chi connectivity index (χ3n) is 4.61. The summed E-state index contributed by atoms with van der Waals surface area (Å²) in [5.74, 6) is 0.443. The van der Waals surface area contributed by atoms with Gasteiger partial charge in [0, 0.05) is 6.54 Å². The van der Waals surface area contributed by atoms with E-state index in [1.807, 2.05) is 6.26 Å². The lowest BCUT2D eigenvalue weighted by Gasteiger charge is -2.44. The molecule has 0 aromatic carbocycles. The lowest BCUT2D eigenvalue weighted by atomic mass is 9.71. The Morgan fingerprint density at radius 1 is 1.32 bits per heavy atom. The number of allylic oxidation sites excluding steroid dienone is 1. The van der Waals surface area contributed by atoms with Crippen molar-refractivity contribution in [2.75, 3.05) is 27.4 Å². The maximum atomic E-state index is 12.2. The molecule has 2 aliphatic rings. The highest BCUT2D eigenvalue weighted by atomic mass is 16.6. The molecular formula is C16H25NO5. The monoisotopic (exact) mass is 311 g/mol. The van der Waals surface area contributed by atoms with Crippen LogP contribution in [0, 0.1) is 11.8 Å². The molecule has 0 N–H and O–H groups in total. The summed E-state index contributed by atoms with van der Waals surface area (Å²) in [5, 5.41) is 0. The van der Waals surface area contributed by atoms with E-state index in [1.54, 1.807) is 14.0 Å². The summed E-state index contributed by atoms with van der Waals surface area (Å²) in [6.07, 6.45) is 4.89. The highest BCUT2D eigenvalue weighted by molar-refractivity contribution is 5.81. The first-order valence-electron chi connectivity index (χ1n) is 7.82. The molecule has 0 unspecified atom stereocenters.